The molecular weight excluding hydrogens is 260 g/mol. The third kappa shape index (κ3) is 3.07. The lowest BCUT2D eigenvalue weighted by atomic mass is 10.1. The van der Waals surface area contributed by atoms with Crippen LogP contribution in [0.25, 0.3) is 0 Å². The van der Waals surface area contributed by atoms with E-state index in [1.54, 1.807) is 14.0 Å². The Hall–Kier alpha value is -2.10. The number of hydrogen-bond acceptors (Lipinski definition) is 2. The number of anilines is 1. The molecule has 4 heteroatoms. The Labute approximate surface area is 117 Å². The van der Waals surface area contributed by atoms with Crippen LogP contribution in [0, 0.1) is 18.6 Å². The number of halogens is 2. The number of methoxy groups -OCH3 is 1. The molecule has 0 aliphatic rings. The van der Waals surface area contributed by atoms with Crippen LogP contribution in [-0.4, -0.2) is 7.11 Å². The molecule has 2 rings (SSSR count). The minimum atomic E-state index is -0.444. The number of aryl methyl sites for hydroxylation is 1. The first-order valence-electron chi connectivity index (χ1n) is 6.37. The van der Waals surface area contributed by atoms with E-state index in [0.29, 0.717) is 5.56 Å². The van der Waals surface area contributed by atoms with Gasteiger partial charge in [0.2, 0.25) is 0 Å². The summed E-state index contributed by atoms with van der Waals surface area (Å²) < 4.78 is 32.1. The summed E-state index contributed by atoms with van der Waals surface area (Å²) in [4.78, 5) is 0. The predicted molar refractivity (Wildman–Crippen MR) is 76.1 cm³/mol. The molecule has 0 fully saturated rings. The van der Waals surface area contributed by atoms with Crippen molar-refractivity contribution >= 4 is 5.69 Å². The van der Waals surface area contributed by atoms with E-state index in [0.717, 1.165) is 29.1 Å². The zero-order valence-corrected chi connectivity index (χ0v) is 11.7. The minimum absolute atomic E-state index is 0.304. The average Bonchev–Trinajstić information content (AvgIpc) is 2.41. The van der Waals surface area contributed by atoms with E-state index >= 15 is 0 Å². The van der Waals surface area contributed by atoms with Gasteiger partial charge in [-0.05, 0) is 55.8 Å². The molecule has 0 spiro atoms. The van der Waals surface area contributed by atoms with Gasteiger partial charge < -0.3 is 10.1 Å². The van der Waals surface area contributed by atoms with E-state index < -0.39 is 11.6 Å². The van der Waals surface area contributed by atoms with Crippen molar-refractivity contribution in [2.75, 3.05) is 12.4 Å². The van der Waals surface area contributed by atoms with Crippen LogP contribution in [0.4, 0.5) is 14.5 Å². The zero-order chi connectivity index (χ0) is 14.7. The summed E-state index contributed by atoms with van der Waals surface area (Å²) in [6.07, 6.45) is 0. The third-order valence-corrected chi connectivity index (χ3v) is 3.20. The smallest absolute Gasteiger partial charge is 0.128 e. The Morgan fingerprint density at radius 2 is 1.85 bits per heavy atom. The molecule has 0 aromatic heterocycles. The van der Waals surface area contributed by atoms with Crippen molar-refractivity contribution in [2.45, 2.75) is 19.9 Å². The molecule has 0 heterocycles. The van der Waals surface area contributed by atoms with Gasteiger partial charge >= 0.3 is 0 Å². The summed E-state index contributed by atoms with van der Waals surface area (Å²) in [5.41, 5.74) is 2.11. The van der Waals surface area contributed by atoms with Crippen molar-refractivity contribution in [2.24, 2.45) is 0 Å². The van der Waals surface area contributed by atoms with Crippen molar-refractivity contribution in [3.05, 3.63) is 59.2 Å². The Kier molecular flexibility index (Phi) is 4.23. The van der Waals surface area contributed by atoms with Crippen molar-refractivity contribution in [3.63, 3.8) is 0 Å². The van der Waals surface area contributed by atoms with Crippen LogP contribution in [0.3, 0.4) is 0 Å². The van der Waals surface area contributed by atoms with Crippen molar-refractivity contribution in [1.29, 1.82) is 0 Å². The molecular formula is C16H17F2NO. The van der Waals surface area contributed by atoms with E-state index in [9.17, 15) is 8.78 Å². The maximum atomic E-state index is 13.7. The zero-order valence-electron chi connectivity index (χ0n) is 11.7. The number of nitrogens with one attached hydrogen (secondary N) is 1. The lowest BCUT2D eigenvalue weighted by molar-refractivity contribution is 0.412. The maximum absolute atomic E-state index is 13.7. The summed E-state index contributed by atoms with van der Waals surface area (Å²) in [5.74, 6) is -0.0715. The van der Waals surface area contributed by atoms with Crippen molar-refractivity contribution in [3.8, 4) is 5.75 Å². The Morgan fingerprint density at radius 3 is 2.50 bits per heavy atom. The minimum Gasteiger partial charge on any atom is -0.496 e. The largest absolute Gasteiger partial charge is 0.496 e. The Balaban J connectivity index is 2.21. The van der Waals surface area contributed by atoms with Crippen LogP contribution in [0.15, 0.2) is 36.4 Å². The number of ether oxygens (including phenoxy) is 1. The molecule has 20 heavy (non-hydrogen) atoms. The van der Waals surface area contributed by atoms with Crippen LogP contribution in [0.1, 0.15) is 24.1 Å². The average molecular weight is 277 g/mol. The van der Waals surface area contributed by atoms with Gasteiger partial charge in [0.25, 0.3) is 0 Å². The summed E-state index contributed by atoms with van der Waals surface area (Å²) in [6, 6.07) is 8.73. The first kappa shape index (κ1) is 14.3. The highest BCUT2D eigenvalue weighted by Gasteiger charge is 2.12. The molecule has 0 aliphatic heterocycles. The first-order chi connectivity index (χ1) is 9.51. The Morgan fingerprint density at radius 1 is 1.10 bits per heavy atom. The molecule has 1 atom stereocenters. The molecule has 1 N–H and O–H groups in total. The fourth-order valence-electron chi connectivity index (χ4n) is 2.14. The van der Waals surface area contributed by atoms with E-state index in [4.69, 9.17) is 4.74 Å². The van der Waals surface area contributed by atoms with Gasteiger partial charge in [-0.3, -0.25) is 0 Å². The van der Waals surface area contributed by atoms with Gasteiger partial charge in [-0.2, -0.15) is 0 Å². The molecule has 0 amide bonds. The number of rotatable bonds is 4. The quantitative estimate of drug-likeness (QED) is 0.891. The SMILES string of the molecule is COc1ccc(NC(C)c2cc(F)ccc2F)cc1C. The second kappa shape index (κ2) is 5.90. The van der Waals surface area contributed by atoms with E-state index in [1.165, 1.54) is 6.07 Å². The summed E-state index contributed by atoms with van der Waals surface area (Å²) in [7, 11) is 1.61. The van der Waals surface area contributed by atoms with Gasteiger partial charge in [0.1, 0.15) is 17.4 Å². The van der Waals surface area contributed by atoms with E-state index in [-0.39, 0.29) is 6.04 Å². The van der Waals surface area contributed by atoms with Crippen LogP contribution in [0.2, 0.25) is 0 Å². The molecule has 106 valence electrons. The van der Waals surface area contributed by atoms with E-state index in [1.807, 2.05) is 25.1 Å². The van der Waals surface area contributed by atoms with Crippen LogP contribution in [0.5, 0.6) is 5.75 Å². The van der Waals surface area contributed by atoms with Gasteiger partial charge in [-0.1, -0.05) is 0 Å². The summed E-state index contributed by atoms with van der Waals surface area (Å²) in [6.45, 7) is 3.72. The molecule has 0 aliphatic carbocycles. The van der Waals surface area contributed by atoms with E-state index in [2.05, 4.69) is 5.32 Å². The molecule has 0 bridgehead atoms. The van der Waals surface area contributed by atoms with Crippen LogP contribution < -0.4 is 10.1 Å². The normalized spacial score (nSPS) is 12.1. The number of hydrogen-bond donors (Lipinski definition) is 1. The van der Waals surface area contributed by atoms with Gasteiger partial charge in [-0.25, -0.2) is 8.78 Å². The predicted octanol–water partition coefficient (Wildman–Crippen LogP) is 4.45. The molecule has 1 unspecified atom stereocenters. The highest BCUT2D eigenvalue weighted by molar-refractivity contribution is 5.52. The highest BCUT2D eigenvalue weighted by Crippen LogP contribution is 2.26. The number of benzene rings is 2. The Bertz CT molecular complexity index is 613. The summed E-state index contributed by atoms with van der Waals surface area (Å²) in [5, 5.41) is 3.16. The maximum Gasteiger partial charge on any atom is 0.128 e. The summed E-state index contributed by atoms with van der Waals surface area (Å²) >= 11 is 0. The second-order valence-electron chi connectivity index (χ2n) is 4.72. The second-order valence-corrected chi connectivity index (χ2v) is 4.72. The third-order valence-electron chi connectivity index (χ3n) is 3.20. The van der Waals surface area contributed by atoms with Gasteiger partial charge in [0.15, 0.2) is 0 Å². The fourth-order valence-corrected chi connectivity index (χ4v) is 2.14. The monoisotopic (exact) mass is 277 g/mol. The molecule has 2 nitrogen and oxygen atoms in total. The van der Waals surface area contributed by atoms with Crippen LogP contribution in [-0.2, 0) is 0 Å². The lowest BCUT2D eigenvalue weighted by Crippen LogP contribution is -2.09. The van der Waals surface area contributed by atoms with Crippen molar-refractivity contribution in [1.82, 2.24) is 0 Å². The van der Waals surface area contributed by atoms with Gasteiger partial charge in [0.05, 0.1) is 13.2 Å². The fraction of sp³-hybridized carbons (Fsp3) is 0.250. The van der Waals surface area contributed by atoms with Crippen LogP contribution >= 0.6 is 0 Å². The topological polar surface area (TPSA) is 21.3 Å². The molecule has 0 radical (unpaired) electrons. The highest BCUT2D eigenvalue weighted by atomic mass is 19.1. The van der Waals surface area contributed by atoms with Gasteiger partial charge in [0, 0.05) is 11.3 Å². The molecule has 2 aromatic carbocycles. The standard InChI is InChI=1S/C16H17F2NO/c1-10-8-13(5-7-16(10)20-3)19-11(2)14-9-12(17)4-6-15(14)18/h4-9,11,19H,1-3H3. The van der Waals surface area contributed by atoms with Crippen molar-refractivity contribution < 1.29 is 13.5 Å². The lowest BCUT2D eigenvalue weighted by Gasteiger charge is -2.17. The first-order valence-corrected chi connectivity index (χ1v) is 6.37. The molecule has 0 saturated heterocycles. The molecule has 0 saturated carbocycles. The van der Waals surface area contributed by atoms with Gasteiger partial charge in [-0.15, -0.1) is 0 Å². The molecule has 2 aromatic rings.